The molecular weight excluding hydrogens is 314 g/mol. The Balaban J connectivity index is 1.57. The zero-order valence-corrected chi connectivity index (χ0v) is 14.9. The van der Waals surface area contributed by atoms with Crippen LogP contribution in [0.1, 0.15) is 43.5 Å². The summed E-state index contributed by atoms with van der Waals surface area (Å²) in [7, 11) is 0. The van der Waals surface area contributed by atoms with Gasteiger partial charge in [0, 0.05) is 56.7 Å². The fraction of sp³-hybridized carbons (Fsp3) is 0.526. The van der Waals surface area contributed by atoms with Crippen molar-refractivity contribution >= 4 is 5.91 Å². The van der Waals surface area contributed by atoms with Gasteiger partial charge in [-0.15, -0.1) is 0 Å². The Morgan fingerprint density at radius 1 is 1.36 bits per heavy atom. The van der Waals surface area contributed by atoms with Crippen molar-refractivity contribution in [1.82, 2.24) is 24.8 Å². The maximum Gasteiger partial charge on any atom is 0.231 e. The summed E-state index contributed by atoms with van der Waals surface area (Å²) in [5, 5.41) is 3.45. The largest absolute Gasteiger partial charge is 0.338 e. The molecule has 2 saturated heterocycles. The summed E-state index contributed by atoms with van der Waals surface area (Å²) < 4.78 is 2.12. The minimum Gasteiger partial charge on any atom is -0.338 e. The molecular formula is C19H25N5O. The van der Waals surface area contributed by atoms with Crippen molar-refractivity contribution in [2.45, 2.75) is 38.8 Å². The molecule has 0 bridgehead atoms. The first-order chi connectivity index (χ1) is 12.1. The number of imidazole rings is 1. The Hall–Kier alpha value is -2.21. The average Bonchev–Trinajstić information content (AvgIpc) is 3.32. The van der Waals surface area contributed by atoms with Gasteiger partial charge in [0.1, 0.15) is 0 Å². The Morgan fingerprint density at radius 2 is 2.16 bits per heavy atom. The molecule has 1 amide bonds. The van der Waals surface area contributed by atoms with Gasteiger partial charge >= 0.3 is 0 Å². The minimum absolute atomic E-state index is 0.155. The first-order valence-electron chi connectivity index (χ1n) is 9.02. The van der Waals surface area contributed by atoms with Gasteiger partial charge in [-0.3, -0.25) is 9.78 Å². The zero-order valence-electron chi connectivity index (χ0n) is 14.9. The standard InChI is InChI=1S/C19H25N5O/c1-14(2)24-11-17(22-13-24)16-9-21-12-19(16)5-8-23(18(19)25)10-15-3-6-20-7-4-15/h3-4,6-7,11,13-14,16,21H,5,8-10,12H2,1-2H3. The van der Waals surface area contributed by atoms with E-state index >= 15 is 0 Å². The van der Waals surface area contributed by atoms with Crippen LogP contribution >= 0.6 is 0 Å². The highest BCUT2D eigenvalue weighted by Crippen LogP contribution is 2.46. The molecule has 2 aromatic heterocycles. The summed E-state index contributed by atoms with van der Waals surface area (Å²) >= 11 is 0. The van der Waals surface area contributed by atoms with Crippen molar-refractivity contribution in [3.05, 3.63) is 48.3 Å². The Bertz CT molecular complexity index is 756. The van der Waals surface area contributed by atoms with E-state index in [4.69, 9.17) is 0 Å². The number of nitrogens with one attached hydrogen (secondary N) is 1. The number of hydrogen-bond donors (Lipinski definition) is 1. The van der Waals surface area contributed by atoms with Crippen LogP contribution in [0.3, 0.4) is 0 Å². The van der Waals surface area contributed by atoms with Crippen molar-refractivity contribution in [2.75, 3.05) is 19.6 Å². The van der Waals surface area contributed by atoms with E-state index in [9.17, 15) is 4.79 Å². The summed E-state index contributed by atoms with van der Waals surface area (Å²) in [5.41, 5.74) is 1.83. The molecule has 132 valence electrons. The van der Waals surface area contributed by atoms with Crippen molar-refractivity contribution < 1.29 is 4.79 Å². The number of carbonyl (C=O) groups excluding carboxylic acids is 1. The number of aromatic nitrogens is 3. The van der Waals surface area contributed by atoms with E-state index in [1.165, 1.54) is 0 Å². The van der Waals surface area contributed by atoms with Crippen LogP contribution in [0.5, 0.6) is 0 Å². The minimum atomic E-state index is -0.344. The van der Waals surface area contributed by atoms with Crippen molar-refractivity contribution in [3.8, 4) is 0 Å². The summed E-state index contributed by atoms with van der Waals surface area (Å²) in [4.78, 5) is 24.0. The summed E-state index contributed by atoms with van der Waals surface area (Å²) in [5.74, 6) is 0.417. The maximum atomic E-state index is 13.3. The molecule has 2 unspecified atom stereocenters. The van der Waals surface area contributed by atoms with E-state index in [0.717, 1.165) is 37.3 Å². The second-order valence-electron chi connectivity index (χ2n) is 7.51. The fourth-order valence-corrected chi connectivity index (χ4v) is 4.17. The lowest BCUT2D eigenvalue weighted by Gasteiger charge is -2.28. The third-order valence-corrected chi connectivity index (χ3v) is 5.69. The highest BCUT2D eigenvalue weighted by Gasteiger charge is 2.55. The Kier molecular flexibility index (Phi) is 4.07. The number of nitrogens with zero attached hydrogens (tertiary/aromatic N) is 4. The van der Waals surface area contributed by atoms with Gasteiger partial charge in [-0.1, -0.05) is 0 Å². The zero-order chi connectivity index (χ0) is 17.4. The lowest BCUT2D eigenvalue weighted by Crippen LogP contribution is -2.39. The SMILES string of the molecule is CC(C)n1cnc(C2CNCC23CCN(Cc2ccncc2)C3=O)c1. The molecule has 6 heteroatoms. The molecule has 1 spiro atoms. The predicted octanol–water partition coefficient (Wildman–Crippen LogP) is 1.96. The van der Waals surface area contributed by atoms with E-state index in [2.05, 4.69) is 39.9 Å². The number of carbonyl (C=O) groups is 1. The molecule has 0 radical (unpaired) electrons. The van der Waals surface area contributed by atoms with E-state index in [1.807, 2.05) is 23.4 Å². The molecule has 2 fully saturated rings. The van der Waals surface area contributed by atoms with Crippen LogP contribution in [0.4, 0.5) is 0 Å². The van der Waals surface area contributed by atoms with Gasteiger partial charge in [0.25, 0.3) is 0 Å². The molecule has 4 heterocycles. The van der Waals surface area contributed by atoms with Gasteiger partial charge in [-0.2, -0.15) is 0 Å². The average molecular weight is 339 g/mol. The molecule has 2 aliphatic rings. The van der Waals surface area contributed by atoms with E-state index in [0.29, 0.717) is 12.6 Å². The van der Waals surface area contributed by atoms with Crippen LogP contribution in [-0.4, -0.2) is 45.0 Å². The molecule has 0 aromatic carbocycles. The van der Waals surface area contributed by atoms with Gasteiger partial charge in [-0.25, -0.2) is 4.98 Å². The molecule has 0 aliphatic carbocycles. The lowest BCUT2D eigenvalue weighted by atomic mass is 9.75. The molecule has 2 aromatic rings. The quantitative estimate of drug-likeness (QED) is 0.925. The third kappa shape index (κ3) is 2.74. The smallest absolute Gasteiger partial charge is 0.231 e. The molecule has 4 rings (SSSR count). The molecule has 2 atom stereocenters. The Labute approximate surface area is 148 Å². The third-order valence-electron chi connectivity index (χ3n) is 5.69. The number of likely N-dealkylation sites (tertiary alicyclic amines) is 1. The van der Waals surface area contributed by atoms with Crippen molar-refractivity contribution in [1.29, 1.82) is 0 Å². The molecule has 25 heavy (non-hydrogen) atoms. The first kappa shape index (κ1) is 16.3. The summed E-state index contributed by atoms with van der Waals surface area (Å²) in [6, 6.07) is 4.34. The van der Waals surface area contributed by atoms with Crippen LogP contribution in [0.15, 0.2) is 37.1 Å². The highest BCUT2D eigenvalue weighted by atomic mass is 16.2. The Morgan fingerprint density at radius 3 is 2.88 bits per heavy atom. The lowest BCUT2D eigenvalue weighted by molar-refractivity contribution is -0.136. The van der Waals surface area contributed by atoms with E-state index in [-0.39, 0.29) is 17.2 Å². The topological polar surface area (TPSA) is 63.1 Å². The molecule has 1 N–H and O–H groups in total. The van der Waals surface area contributed by atoms with Gasteiger partial charge < -0.3 is 14.8 Å². The van der Waals surface area contributed by atoms with Crippen LogP contribution in [-0.2, 0) is 11.3 Å². The highest BCUT2D eigenvalue weighted by molar-refractivity contribution is 5.86. The summed E-state index contributed by atoms with van der Waals surface area (Å²) in [6.07, 6.45) is 8.46. The fourth-order valence-electron chi connectivity index (χ4n) is 4.17. The van der Waals surface area contributed by atoms with Gasteiger partial charge in [0.05, 0.1) is 17.4 Å². The number of rotatable bonds is 4. The maximum absolute atomic E-state index is 13.3. The van der Waals surface area contributed by atoms with Gasteiger partial charge in [0.15, 0.2) is 0 Å². The van der Waals surface area contributed by atoms with Crippen LogP contribution in [0.2, 0.25) is 0 Å². The van der Waals surface area contributed by atoms with Gasteiger partial charge in [-0.05, 0) is 38.0 Å². The number of pyridine rings is 1. The van der Waals surface area contributed by atoms with Gasteiger partial charge in [0.2, 0.25) is 5.91 Å². The van der Waals surface area contributed by atoms with Crippen molar-refractivity contribution in [2.24, 2.45) is 5.41 Å². The second-order valence-corrected chi connectivity index (χ2v) is 7.51. The molecule has 2 aliphatic heterocycles. The van der Waals surface area contributed by atoms with E-state index in [1.54, 1.807) is 12.4 Å². The summed E-state index contributed by atoms with van der Waals surface area (Å²) in [6.45, 7) is 7.33. The normalized spacial score (nSPS) is 26.3. The number of amides is 1. The molecule has 6 nitrogen and oxygen atoms in total. The van der Waals surface area contributed by atoms with Crippen LogP contribution < -0.4 is 5.32 Å². The monoisotopic (exact) mass is 339 g/mol. The molecule has 0 saturated carbocycles. The predicted molar refractivity (Wildman–Crippen MR) is 94.9 cm³/mol. The first-order valence-corrected chi connectivity index (χ1v) is 9.02. The van der Waals surface area contributed by atoms with Crippen LogP contribution in [0.25, 0.3) is 0 Å². The van der Waals surface area contributed by atoms with Crippen molar-refractivity contribution in [3.63, 3.8) is 0 Å². The number of hydrogen-bond acceptors (Lipinski definition) is 4. The second kappa shape index (κ2) is 6.26. The van der Waals surface area contributed by atoms with E-state index < -0.39 is 0 Å². The van der Waals surface area contributed by atoms with Crippen LogP contribution in [0, 0.1) is 5.41 Å².